The standard InChI is InChI=1S/C23H21ClN4S/c24-10-4-14-29-16-7-8-17-18(9-12-26-20(17)15-16)22-21-6-3-13-28(21)27-23(22)19-5-1-2-11-25-19/h1-2,5,7-9,11-12,15H,3-4,6,10,13-14H2. The highest BCUT2D eigenvalue weighted by molar-refractivity contribution is 7.99. The maximum Gasteiger partial charge on any atom is 0.119 e. The average Bonchev–Trinajstić information content (AvgIpc) is 3.35. The molecule has 0 radical (unpaired) electrons. The highest BCUT2D eigenvalue weighted by Crippen LogP contribution is 2.40. The molecule has 29 heavy (non-hydrogen) atoms. The summed E-state index contributed by atoms with van der Waals surface area (Å²) >= 11 is 7.65. The third-order valence-electron chi connectivity index (χ3n) is 5.28. The lowest BCUT2D eigenvalue weighted by Gasteiger charge is -2.10. The van der Waals surface area contributed by atoms with Crippen LogP contribution in [-0.2, 0) is 13.0 Å². The van der Waals surface area contributed by atoms with E-state index in [1.165, 1.54) is 21.7 Å². The summed E-state index contributed by atoms with van der Waals surface area (Å²) in [7, 11) is 0. The van der Waals surface area contributed by atoms with Crippen molar-refractivity contribution in [2.45, 2.75) is 30.7 Å². The Balaban J connectivity index is 1.64. The summed E-state index contributed by atoms with van der Waals surface area (Å²) in [5.74, 6) is 1.72. The van der Waals surface area contributed by atoms with Crippen molar-refractivity contribution >= 4 is 34.3 Å². The van der Waals surface area contributed by atoms with Gasteiger partial charge in [0, 0.05) is 46.4 Å². The summed E-state index contributed by atoms with van der Waals surface area (Å²) in [6.07, 6.45) is 6.94. The van der Waals surface area contributed by atoms with Gasteiger partial charge in [0.2, 0.25) is 0 Å². The molecule has 0 amide bonds. The third kappa shape index (κ3) is 3.53. The number of pyridine rings is 2. The third-order valence-corrected chi connectivity index (χ3v) is 6.63. The van der Waals surface area contributed by atoms with E-state index in [9.17, 15) is 0 Å². The van der Waals surface area contributed by atoms with Crippen molar-refractivity contribution in [3.05, 3.63) is 60.6 Å². The predicted octanol–water partition coefficient (Wildman–Crippen LogP) is 5.83. The van der Waals surface area contributed by atoms with Crippen LogP contribution >= 0.6 is 23.4 Å². The molecule has 5 rings (SSSR count). The molecule has 1 aliphatic heterocycles. The van der Waals surface area contributed by atoms with Crippen LogP contribution in [0.25, 0.3) is 33.4 Å². The molecule has 0 atom stereocenters. The van der Waals surface area contributed by atoms with E-state index in [1.54, 1.807) is 0 Å². The molecule has 4 heterocycles. The Kier molecular flexibility index (Phi) is 5.25. The molecule has 0 fully saturated rings. The van der Waals surface area contributed by atoms with Crippen molar-refractivity contribution in [1.82, 2.24) is 19.7 Å². The van der Waals surface area contributed by atoms with Crippen LogP contribution in [0.5, 0.6) is 0 Å². The normalized spacial score (nSPS) is 13.1. The minimum atomic E-state index is 0.700. The summed E-state index contributed by atoms with van der Waals surface area (Å²) in [5.41, 5.74) is 6.60. The van der Waals surface area contributed by atoms with E-state index in [0.717, 1.165) is 53.9 Å². The molecule has 0 aliphatic carbocycles. The summed E-state index contributed by atoms with van der Waals surface area (Å²) < 4.78 is 2.15. The quantitative estimate of drug-likeness (QED) is 0.223. The van der Waals surface area contributed by atoms with Gasteiger partial charge >= 0.3 is 0 Å². The second-order valence-electron chi connectivity index (χ2n) is 7.14. The minimum absolute atomic E-state index is 0.700. The average molecular weight is 421 g/mol. The van der Waals surface area contributed by atoms with Crippen molar-refractivity contribution in [3.8, 4) is 22.5 Å². The highest BCUT2D eigenvalue weighted by atomic mass is 35.5. The molecule has 0 saturated heterocycles. The number of nitrogens with zero attached hydrogens (tertiary/aromatic N) is 4. The molecule has 0 saturated carbocycles. The van der Waals surface area contributed by atoms with Gasteiger partial charge in [0.05, 0.1) is 11.2 Å². The second-order valence-corrected chi connectivity index (χ2v) is 8.69. The van der Waals surface area contributed by atoms with E-state index in [4.69, 9.17) is 16.7 Å². The molecule has 6 heteroatoms. The molecule has 0 bridgehead atoms. The SMILES string of the molecule is ClCCCSc1ccc2c(-c3c(-c4ccccn4)nn4c3CCC4)ccnc2c1. The molecule has 3 aromatic heterocycles. The van der Waals surface area contributed by atoms with Crippen LogP contribution in [0.1, 0.15) is 18.5 Å². The first-order chi connectivity index (χ1) is 14.3. The van der Waals surface area contributed by atoms with Crippen molar-refractivity contribution in [1.29, 1.82) is 0 Å². The topological polar surface area (TPSA) is 43.6 Å². The monoisotopic (exact) mass is 420 g/mol. The van der Waals surface area contributed by atoms with Crippen molar-refractivity contribution in [2.24, 2.45) is 0 Å². The molecule has 1 aliphatic rings. The van der Waals surface area contributed by atoms with Crippen molar-refractivity contribution in [2.75, 3.05) is 11.6 Å². The van der Waals surface area contributed by atoms with Gasteiger partial charge in [0.1, 0.15) is 5.69 Å². The summed E-state index contributed by atoms with van der Waals surface area (Å²) in [6.45, 7) is 0.972. The Hall–Kier alpha value is -2.37. The number of halogens is 1. The van der Waals surface area contributed by atoms with Crippen LogP contribution in [0.15, 0.2) is 59.8 Å². The van der Waals surface area contributed by atoms with E-state index in [-0.39, 0.29) is 0 Å². The number of aryl methyl sites for hydroxylation is 1. The van der Waals surface area contributed by atoms with E-state index in [0.29, 0.717) is 5.88 Å². The Morgan fingerprint density at radius 2 is 2.03 bits per heavy atom. The number of thioether (sulfide) groups is 1. The van der Waals surface area contributed by atoms with Gasteiger partial charge in [-0.3, -0.25) is 14.6 Å². The summed E-state index contributed by atoms with van der Waals surface area (Å²) in [6, 6.07) is 14.7. The molecule has 0 N–H and O–H groups in total. The van der Waals surface area contributed by atoms with Crippen LogP contribution in [0.2, 0.25) is 0 Å². The lowest BCUT2D eigenvalue weighted by molar-refractivity contribution is 0.658. The molecule has 0 unspecified atom stereocenters. The zero-order valence-corrected chi connectivity index (χ0v) is 17.6. The van der Waals surface area contributed by atoms with Crippen LogP contribution in [0.4, 0.5) is 0 Å². The molecular formula is C23H21ClN4S. The van der Waals surface area contributed by atoms with Crippen LogP contribution in [-0.4, -0.2) is 31.4 Å². The van der Waals surface area contributed by atoms with Crippen molar-refractivity contribution in [3.63, 3.8) is 0 Å². The Bertz CT molecular complexity index is 1160. The number of fused-ring (bicyclic) bond motifs is 2. The molecule has 0 spiro atoms. The fourth-order valence-electron chi connectivity index (χ4n) is 3.98. The van der Waals surface area contributed by atoms with Crippen molar-refractivity contribution < 1.29 is 0 Å². The molecule has 4 aromatic rings. The maximum absolute atomic E-state index is 5.81. The number of rotatable bonds is 6. The zero-order chi connectivity index (χ0) is 19.6. The van der Waals surface area contributed by atoms with Gasteiger partial charge in [-0.1, -0.05) is 12.1 Å². The van der Waals surface area contributed by atoms with Gasteiger partial charge in [-0.2, -0.15) is 5.10 Å². The van der Waals surface area contributed by atoms with Gasteiger partial charge in [-0.15, -0.1) is 23.4 Å². The number of hydrogen-bond acceptors (Lipinski definition) is 4. The number of aromatic nitrogens is 4. The summed E-state index contributed by atoms with van der Waals surface area (Å²) in [4.78, 5) is 10.5. The lowest BCUT2D eigenvalue weighted by Crippen LogP contribution is -1.94. The fourth-order valence-corrected chi connectivity index (χ4v) is 5.15. The van der Waals surface area contributed by atoms with Gasteiger partial charge in [-0.25, -0.2) is 0 Å². The van der Waals surface area contributed by atoms with Gasteiger partial charge in [0.15, 0.2) is 0 Å². The highest BCUT2D eigenvalue weighted by Gasteiger charge is 2.25. The Morgan fingerprint density at radius 3 is 2.90 bits per heavy atom. The van der Waals surface area contributed by atoms with E-state index in [2.05, 4.69) is 38.9 Å². The number of hydrogen-bond donors (Lipinski definition) is 0. The molecule has 1 aromatic carbocycles. The van der Waals surface area contributed by atoms with Crippen LogP contribution in [0.3, 0.4) is 0 Å². The number of benzene rings is 1. The van der Waals surface area contributed by atoms with E-state index >= 15 is 0 Å². The smallest absolute Gasteiger partial charge is 0.119 e. The molecular weight excluding hydrogens is 400 g/mol. The van der Waals surface area contributed by atoms with Crippen LogP contribution in [0, 0.1) is 0 Å². The molecule has 4 nitrogen and oxygen atoms in total. The maximum atomic E-state index is 5.81. The predicted molar refractivity (Wildman–Crippen MR) is 121 cm³/mol. The van der Waals surface area contributed by atoms with E-state index in [1.807, 2.05) is 42.4 Å². The Labute approximate surface area is 179 Å². The largest absolute Gasteiger partial charge is 0.268 e. The summed E-state index contributed by atoms with van der Waals surface area (Å²) in [5, 5.41) is 6.09. The molecule has 146 valence electrons. The first-order valence-electron chi connectivity index (χ1n) is 9.94. The van der Waals surface area contributed by atoms with Gasteiger partial charge in [0.25, 0.3) is 0 Å². The van der Waals surface area contributed by atoms with Gasteiger partial charge in [-0.05, 0) is 60.9 Å². The minimum Gasteiger partial charge on any atom is -0.268 e. The Morgan fingerprint density at radius 1 is 1.07 bits per heavy atom. The van der Waals surface area contributed by atoms with E-state index < -0.39 is 0 Å². The number of alkyl halides is 1. The fraction of sp³-hybridized carbons (Fsp3) is 0.261. The van der Waals surface area contributed by atoms with Gasteiger partial charge < -0.3 is 0 Å². The first-order valence-corrected chi connectivity index (χ1v) is 11.5. The van der Waals surface area contributed by atoms with Crippen LogP contribution < -0.4 is 0 Å². The zero-order valence-electron chi connectivity index (χ0n) is 16.0. The lowest BCUT2D eigenvalue weighted by atomic mass is 9.97. The first kappa shape index (κ1) is 18.6. The second kappa shape index (κ2) is 8.17.